The van der Waals surface area contributed by atoms with E-state index in [1.165, 1.54) is 32.1 Å². The standard InChI is InChI=1S/C9H18N2O.C8H15NO.2C7H12FNO.3C7H13NO.C6H9F2NO.2C6H10FNO.C6H11NO.C6H9NO.C5H11NO2S/c1-8(2)10-9(12)6-5-7-11(3)4;1-6(2)5-8(10)9-7(3)4;2*1-5(2)9-7(10)4-6(3)8;1-5(2)7(9)8-6(3)4;2*1-4-5-7(9)8-6(2)3;1-4(2)9-6(10)3-5(7)8;2*1-5(2)8-6(9)3-4-7;2*1-4-6(8)7-5(2)3;1-4-9(7,8)6-5(2)3/h5-6,8H,7H2,1-4H3,(H,10,12);5,7H,1-4H3,(H,9,10);2*4-5H,1-3H3,(H,9,10);6H,1H2,2-4H3,(H,8,9);2*4-6H,1-3H3,(H,8,9);3-4H,1-2H3,(H,9,10);2*3-5H,1-2H3,(H,8,9);4-5H,1H2,2-3H3,(H,7,8);1,5H,2-3H3,(H,7,8);4-6H,1H2,2-3H3/b6-5+;;6-4+;6-4-;;5-4+;5-4-;;4-3+;4-3-;;;. The minimum absolute atomic E-state index is 0.00463. The van der Waals surface area contributed by atoms with Crippen LogP contribution in [0.5, 0.6) is 0 Å². The van der Waals surface area contributed by atoms with Crippen LogP contribution in [0.3, 0.4) is 0 Å². The lowest BCUT2D eigenvalue weighted by Gasteiger charge is -2.06. The number of allylic oxidation sites excluding steroid dienone is 5. The van der Waals surface area contributed by atoms with Gasteiger partial charge in [0.25, 0.3) is 12.0 Å². The van der Waals surface area contributed by atoms with E-state index in [-0.39, 0.29) is 150 Å². The maximum Gasteiger partial charge on any atom is 0.295 e. The molecule has 0 unspecified atom stereocenters. The highest BCUT2D eigenvalue weighted by Gasteiger charge is 2.07. The molecular weight excluding hydrogens is 1610 g/mol. The summed E-state index contributed by atoms with van der Waals surface area (Å²) in [5.74, 6) is -1.90. The molecule has 0 atom stereocenters. The Morgan fingerprint density at radius 1 is 0.369 bits per heavy atom. The number of amides is 12. The highest BCUT2D eigenvalue weighted by Crippen LogP contribution is 1.97. The summed E-state index contributed by atoms with van der Waals surface area (Å²) < 4.78 is 92.7. The number of carbonyl (C=O) groups excluding carboxylic acids is 12. The first-order valence-corrected chi connectivity index (χ1v) is 40.7. The Kier molecular flexibility index (Phi) is 107. The van der Waals surface area contributed by atoms with Crippen molar-refractivity contribution in [1.82, 2.24) is 73.4 Å². The fourth-order valence-corrected chi connectivity index (χ4v) is 6.64. The van der Waals surface area contributed by atoms with Crippen LogP contribution in [0.4, 0.5) is 26.3 Å². The lowest BCUT2D eigenvalue weighted by atomic mass is 10.3. The lowest BCUT2D eigenvalue weighted by molar-refractivity contribution is -0.118. The molecule has 0 radical (unpaired) electrons. The molecule has 0 aromatic rings. The molecule has 0 aliphatic carbocycles. The molecule has 0 aromatic heterocycles. The summed E-state index contributed by atoms with van der Waals surface area (Å²) in [5.41, 5.74) is 1.59. The van der Waals surface area contributed by atoms with Gasteiger partial charge < -0.3 is 68.7 Å². The van der Waals surface area contributed by atoms with Crippen molar-refractivity contribution in [2.24, 2.45) is 0 Å². The minimum Gasteiger partial charge on any atom is -0.350 e. The van der Waals surface area contributed by atoms with E-state index in [0.717, 1.165) is 41.8 Å². The summed E-state index contributed by atoms with van der Waals surface area (Å²) in [4.78, 5) is 129. The molecule has 35 heteroatoms. The molecule has 0 fully saturated rings. The zero-order valence-corrected chi connectivity index (χ0v) is 80.3. The van der Waals surface area contributed by atoms with Crippen molar-refractivity contribution >= 4 is 80.9 Å². The normalized spacial score (nSPS) is 10.4. The Balaban J connectivity index is -0.0000000960. The highest BCUT2D eigenvalue weighted by molar-refractivity contribution is 7.92. The predicted octanol–water partition coefficient (Wildman–Crippen LogP) is 12.7. The number of hydrogen-bond acceptors (Lipinski definition) is 15. The first-order valence-electron chi connectivity index (χ1n) is 39.1. The maximum absolute atomic E-state index is 12.0. The first-order chi connectivity index (χ1) is 55.6. The van der Waals surface area contributed by atoms with Gasteiger partial charge in [0.05, 0.1) is 18.7 Å². The van der Waals surface area contributed by atoms with Crippen LogP contribution in [-0.4, -0.2) is 183 Å². The molecule has 706 valence electrons. The number of nitrogens with zero attached hydrogens (tertiary/aromatic N) is 1. The van der Waals surface area contributed by atoms with Crippen LogP contribution in [0, 0.1) is 12.3 Å². The van der Waals surface area contributed by atoms with Crippen LogP contribution in [-0.2, 0) is 67.6 Å². The number of sulfonamides is 1. The Morgan fingerprint density at radius 3 is 0.779 bits per heavy atom. The van der Waals surface area contributed by atoms with E-state index in [4.69, 9.17) is 6.42 Å². The van der Waals surface area contributed by atoms with Gasteiger partial charge in [0, 0.05) is 133 Å². The number of terminal acetylenes is 1. The van der Waals surface area contributed by atoms with Crippen molar-refractivity contribution in [2.45, 2.75) is 307 Å². The van der Waals surface area contributed by atoms with E-state index in [0.29, 0.717) is 5.57 Å². The summed E-state index contributed by atoms with van der Waals surface area (Å²) in [6, 6.07) is 1.52. The van der Waals surface area contributed by atoms with Crippen molar-refractivity contribution in [2.75, 3.05) is 20.6 Å². The summed E-state index contributed by atoms with van der Waals surface area (Å²) in [6.07, 6.45) is 19.8. The molecule has 13 N–H and O–H groups in total. The topological polar surface area (TPSA) is 399 Å². The summed E-state index contributed by atoms with van der Waals surface area (Å²) in [6.45, 7) is 70.6. The number of hydrogen-bond donors (Lipinski definition) is 13. The Bertz CT molecular complexity index is 3110. The van der Waals surface area contributed by atoms with Gasteiger partial charge in [-0.15, -0.1) is 6.42 Å². The molecule has 0 rings (SSSR count). The molecule has 0 saturated heterocycles. The number of halogens is 6. The monoisotopic (exact) mass is 1770 g/mol. The van der Waals surface area contributed by atoms with Crippen LogP contribution in [0.1, 0.15) is 228 Å². The van der Waals surface area contributed by atoms with E-state index in [2.05, 4.69) is 88.3 Å². The SMILES string of the molecule is C#CC(=O)NC(C)C.C/C(F)=C/C(=O)NC(C)C.C/C(F)=C\C(=O)NC(C)C.C/C=C/C(=O)NC(C)C.C/C=C\C(=O)NC(C)C.C=C(C)C(=O)NC(C)C.C=CC(=O)NC(C)C.C=CS(=O)(=O)NC(C)C.CC(C)=CC(=O)NC(C)C.CC(C)NC(=O)/C=C/CN(C)C.CC(C)NC(=O)/C=C/F.CC(C)NC(=O)/C=C\F.CC(C)NC(=O)C=C(F)F. The Hall–Kier alpha value is -10.5. The van der Waals surface area contributed by atoms with Gasteiger partial charge in [-0.05, 0) is 267 Å². The molecule has 122 heavy (non-hydrogen) atoms. The molecule has 28 nitrogen and oxygen atoms in total. The van der Waals surface area contributed by atoms with E-state index >= 15 is 0 Å². The summed E-state index contributed by atoms with van der Waals surface area (Å²) >= 11 is 0. The van der Waals surface area contributed by atoms with Crippen molar-refractivity contribution < 1.29 is 92.3 Å². The van der Waals surface area contributed by atoms with Gasteiger partial charge in [-0.3, -0.25) is 57.5 Å². The second kappa shape index (κ2) is 92.8. The third-order valence-corrected chi connectivity index (χ3v) is 10.8. The van der Waals surface area contributed by atoms with Crippen LogP contribution >= 0.6 is 0 Å². The average molecular weight is 1770 g/mol. The van der Waals surface area contributed by atoms with Crippen molar-refractivity contribution in [1.29, 1.82) is 0 Å². The molecule has 0 aliphatic heterocycles. The average Bonchev–Trinajstić information content (AvgIpc) is 0.937. The van der Waals surface area contributed by atoms with Gasteiger partial charge in [-0.1, -0.05) is 43.5 Å². The number of rotatable bonds is 28. The zero-order chi connectivity index (χ0) is 99.3. The molecule has 0 spiro atoms. The van der Waals surface area contributed by atoms with Crippen LogP contribution in [0.15, 0.2) is 146 Å². The summed E-state index contributed by atoms with van der Waals surface area (Å²) in [7, 11) is 0.721. The maximum atomic E-state index is 12.0. The van der Waals surface area contributed by atoms with E-state index in [1.54, 1.807) is 58.9 Å². The number of likely N-dealkylation sites (N-methyl/N-ethyl adjacent to an activating group) is 1. The van der Waals surface area contributed by atoms with Gasteiger partial charge >= 0.3 is 0 Å². The molecule has 0 aromatic carbocycles. The van der Waals surface area contributed by atoms with Crippen molar-refractivity contribution in [3.63, 3.8) is 0 Å². The van der Waals surface area contributed by atoms with Gasteiger partial charge in [0.1, 0.15) is 11.7 Å². The van der Waals surface area contributed by atoms with E-state index < -0.39 is 45.5 Å². The van der Waals surface area contributed by atoms with Crippen LogP contribution < -0.4 is 68.5 Å². The largest absolute Gasteiger partial charge is 0.350 e. The van der Waals surface area contributed by atoms with Gasteiger partial charge in [0.15, 0.2) is 0 Å². The van der Waals surface area contributed by atoms with E-state index in [9.17, 15) is 92.3 Å². The van der Waals surface area contributed by atoms with Crippen molar-refractivity contribution in [3.8, 4) is 12.3 Å². The smallest absolute Gasteiger partial charge is 0.295 e. The Morgan fingerprint density at radius 2 is 0.615 bits per heavy atom. The van der Waals surface area contributed by atoms with Crippen LogP contribution in [0.2, 0.25) is 0 Å². The number of nitrogens with one attached hydrogen (secondary N) is 13. The van der Waals surface area contributed by atoms with E-state index in [1.807, 2.05) is 211 Å². The predicted molar refractivity (Wildman–Crippen MR) is 488 cm³/mol. The highest BCUT2D eigenvalue weighted by atomic mass is 32.2. The zero-order valence-electron chi connectivity index (χ0n) is 79.5. The first kappa shape index (κ1) is 140. The minimum atomic E-state index is -3.20. The molecule has 0 heterocycles. The van der Waals surface area contributed by atoms with Gasteiger partial charge in [-0.2, -0.15) is 8.78 Å². The fraction of sp³-hybridized carbons (Fsp3) is 0.563. The lowest BCUT2D eigenvalue weighted by Crippen LogP contribution is -2.30. The van der Waals surface area contributed by atoms with Gasteiger partial charge in [-0.25, -0.2) is 30.7 Å². The third kappa shape index (κ3) is 168. The molecule has 12 amide bonds. The number of carbonyl (C=O) groups is 12. The summed E-state index contributed by atoms with van der Waals surface area (Å²) in [5, 5.41) is 32.0. The van der Waals surface area contributed by atoms with Crippen molar-refractivity contribution in [3.05, 3.63) is 146 Å². The fourth-order valence-electron chi connectivity index (χ4n) is 5.89. The third-order valence-electron chi connectivity index (χ3n) is 9.60. The molecule has 0 saturated carbocycles. The Labute approximate surface area is 729 Å². The molecule has 0 bridgehead atoms. The quantitative estimate of drug-likeness (QED) is 0.0197. The second-order valence-electron chi connectivity index (χ2n) is 29.4. The van der Waals surface area contributed by atoms with Crippen LogP contribution in [0.25, 0.3) is 0 Å². The molecule has 0 aliphatic rings. The second-order valence-corrected chi connectivity index (χ2v) is 31.0. The van der Waals surface area contributed by atoms with Gasteiger partial charge in [0.2, 0.25) is 75.0 Å². The molecular formula is C87H156F6N14O14S.